The zero-order chi connectivity index (χ0) is 13.8. The van der Waals surface area contributed by atoms with E-state index in [4.69, 9.17) is 0 Å². The maximum absolute atomic E-state index is 3.52. The first kappa shape index (κ1) is 14.3. The van der Waals surface area contributed by atoms with Crippen molar-refractivity contribution in [1.82, 2.24) is 5.32 Å². The van der Waals surface area contributed by atoms with Crippen molar-refractivity contribution < 1.29 is 0 Å². The highest BCUT2D eigenvalue weighted by atomic mass is 79.9. The predicted octanol–water partition coefficient (Wildman–Crippen LogP) is 4.57. The highest BCUT2D eigenvalue weighted by molar-refractivity contribution is 9.10. The van der Waals surface area contributed by atoms with Crippen LogP contribution in [0.3, 0.4) is 0 Å². The van der Waals surface area contributed by atoms with Crippen LogP contribution in [0.5, 0.6) is 0 Å². The molecule has 2 aromatic rings. The lowest BCUT2D eigenvalue weighted by Crippen LogP contribution is -2.19. The molecule has 0 aliphatic carbocycles. The number of likely N-dealkylation sites (N-methyl/N-ethyl adjacent to an activating group) is 1. The molecule has 0 fully saturated rings. The molecule has 2 heteroatoms. The highest BCUT2D eigenvalue weighted by Crippen LogP contribution is 2.24. The molecule has 1 N–H and O–H groups in total. The van der Waals surface area contributed by atoms with Crippen molar-refractivity contribution in [1.29, 1.82) is 0 Å². The number of hydrogen-bond acceptors (Lipinski definition) is 1. The van der Waals surface area contributed by atoms with Gasteiger partial charge in [0.05, 0.1) is 0 Å². The second kappa shape index (κ2) is 6.36. The Morgan fingerprint density at radius 1 is 1.05 bits per heavy atom. The van der Waals surface area contributed by atoms with Gasteiger partial charge in [-0.3, -0.25) is 0 Å². The van der Waals surface area contributed by atoms with Crippen LogP contribution in [0.4, 0.5) is 0 Å². The van der Waals surface area contributed by atoms with Crippen molar-refractivity contribution in [2.45, 2.75) is 26.3 Å². The molecule has 0 bridgehead atoms. The molecule has 2 rings (SSSR count). The Morgan fingerprint density at radius 2 is 1.74 bits per heavy atom. The number of aryl methyl sites for hydroxylation is 2. The first-order chi connectivity index (χ1) is 9.10. The molecule has 1 nitrogen and oxygen atoms in total. The fourth-order valence-electron chi connectivity index (χ4n) is 2.36. The van der Waals surface area contributed by atoms with Crippen molar-refractivity contribution in [2.75, 3.05) is 7.05 Å². The van der Waals surface area contributed by atoms with Gasteiger partial charge in [-0.05, 0) is 56.1 Å². The lowest BCUT2D eigenvalue weighted by Gasteiger charge is -2.19. The molecule has 0 aliphatic heterocycles. The molecule has 1 atom stereocenters. The lowest BCUT2D eigenvalue weighted by atomic mass is 9.95. The molecule has 19 heavy (non-hydrogen) atoms. The van der Waals surface area contributed by atoms with Crippen molar-refractivity contribution in [3.05, 3.63) is 69.2 Å². The van der Waals surface area contributed by atoms with E-state index in [9.17, 15) is 0 Å². The minimum atomic E-state index is 0.357. The van der Waals surface area contributed by atoms with Crippen molar-refractivity contribution >= 4 is 15.9 Å². The van der Waals surface area contributed by atoms with E-state index in [1.807, 2.05) is 7.05 Å². The lowest BCUT2D eigenvalue weighted by molar-refractivity contribution is 0.589. The second-order valence-corrected chi connectivity index (χ2v) is 5.95. The van der Waals surface area contributed by atoms with E-state index in [0.717, 1.165) is 10.9 Å². The first-order valence-electron chi connectivity index (χ1n) is 6.59. The monoisotopic (exact) mass is 317 g/mol. The van der Waals surface area contributed by atoms with Gasteiger partial charge < -0.3 is 5.32 Å². The van der Waals surface area contributed by atoms with Gasteiger partial charge in [0, 0.05) is 10.5 Å². The Hall–Kier alpha value is -1.12. The summed E-state index contributed by atoms with van der Waals surface area (Å²) in [5.74, 6) is 0. The molecule has 0 spiro atoms. The molecule has 0 aromatic heterocycles. The number of halogens is 1. The largest absolute Gasteiger partial charge is 0.313 e. The summed E-state index contributed by atoms with van der Waals surface area (Å²) in [5.41, 5.74) is 5.36. The Bertz CT molecular complexity index is 546. The summed E-state index contributed by atoms with van der Waals surface area (Å²) in [6.07, 6.45) is 1.01. The van der Waals surface area contributed by atoms with Gasteiger partial charge in [0.15, 0.2) is 0 Å². The maximum atomic E-state index is 3.52. The van der Waals surface area contributed by atoms with Crippen LogP contribution in [0.25, 0.3) is 0 Å². The Balaban J connectivity index is 2.22. The first-order valence-corrected chi connectivity index (χ1v) is 7.38. The van der Waals surface area contributed by atoms with Gasteiger partial charge in [0.2, 0.25) is 0 Å². The molecule has 0 heterocycles. The van der Waals surface area contributed by atoms with Gasteiger partial charge in [-0.15, -0.1) is 0 Å². The van der Waals surface area contributed by atoms with E-state index < -0.39 is 0 Å². The van der Waals surface area contributed by atoms with Crippen molar-refractivity contribution in [2.24, 2.45) is 0 Å². The third-order valence-electron chi connectivity index (χ3n) is 3.52. The quantitative estimate of drug-likeness (QED) is 0.871. The molecule has 0 saturated heterocycles. The normalized spacial score (nSPS) is 12.4. The van der Waals surface area contributed by atoms with E-state index in [-0.39, 0.29) is 0 Å². The Labute approximate surface area is 124 Å². The minimum Gasteiger partial charge on any atom is -0.313 e. The van der Waals surface area contributed by atoms with Crippen LogP contribution >= 0.6 is 15.9 Å². The topological polar surface area (TPSA) is 12.0 Å². The van der Waals surface area contributed by atoms with Gasteiger partial charge in [0.1, 0.15) is 0 Å². The Kier molecular flexibility index (Phi) is 4.78. The van der Waals surface area contributed by atoms with Crippen molar-refractivity contribution in [3.63, 3.8) is 0 Å². The summed E-state index contributed by atoms with van der Waals surface area (Å²) < 4.78 is 1.14. The fourth-order valence-corrected chi connectivity index (χ4v) is 2.83. The zero-order valence-corrected chi connectivity index (χ0v) is 13.3. The van der Waals surface area contributed by atoms with Crippen LogP contribution in [0.1, 0.15) is 28.3 Å². The number of benzene rings is 2. The summed E-state index contributed by atoms with van der Waals surface area (Å²) in [7, 11) is 2.03. The van der Waals surface area contributed by atoms with Crippen molar-refractivity contribution in [3.8, 4) is 0 Å². The molecule has 0 radical (unpaired) electrons. The van der Waals surface area contributed by atoms with Gasteiger partial charge in [-0.1, -0.05) is 51.8 Å². The van der Waals surface area contributed by atoms with E-state index >= 15 is 0 Å². The molecule has 1 unspecified atom stereocenters. The highest BCUT2D eigenvalue weighted by Gasteiger charge is 2.12. The SMILES string of the molecule is CNC(Cc1ccc(C)cc1)c1ccc(Br)cc1C. The molecular formula is C17H20BrN. The van der Waals surface area contributed by atoms with E-state index in [1.54, 1.807) is 0 Å². The zero-order valence-electron chi connectivity index (χ0n) is 11.7. The van der Waals surface area contributed by atoms with Gasteiger partial charge in [-0.25, -0.2) is 0 Å². The summed E-state index contributed by atoms with van der Waals surface area (Å²) in [4.78, 5) is 0. The van der Waals surface area contributed by atoms with Gasteiger partial charge in [-0.2, -0.15) is 0 Å². The number of nitrogens with one attached hydrogen (secondary N) is 1. The van der Waals surface area contributed by atoms with Crippen LogP contribution in [0.15, 0.2) is 46.9 Å². The standard InChI is InChI=1S/C17H20BrN/c1-12-4-6-14(7-5-12)11-17(19-3)16-9-8-15(18)10-13(16)2/h4-10,17,19H,11H2,1-3H3. The van der Waals surface area contributed by atoms with E-state index in [2.05, 4.69) is 77.6 Å². The van der Waals surface area contributed by atoms with Crippen LogP contribution in [0.2, 0.25) is 0 Å². The van der Waals surface area contributed by atoms with Crippen LogP contribution in [-0.4, -0.2) is 7.05 Å². The molecule has 0 saturated carbocycles. The average molecular weight is 318 g/mol. The number of hydrogen-bond donors (Lipinski definition) is 1. The minimum absolute atomic E-state index is 0.357. The van der Waals surface area contributed by atoms with Crippen LogP contribution in [-0.2, 0) is 6.42 Å². The summed E-state index contributed by atoms with van der Waals surface area (Å²) in [5, 5.41) is 3.43. The molecule has 0 aliphatic rings. The Morgan fingerprint density at radius 3 is 2.32 bits per heavy atom. The molecule has 2 aromatic carbocycles. The smallest absolute Gasteiger partial charge is 0.0361 e. The maximum Gasteiger partial charge on any atom is 0.0361 e. The van der Waals surface area contributed by atoms with Crippen LogP contribution in [0, 0.1) is 13.8 Å². The van der Waals surface area contributed by atoms with E-state index in [1.165, 1.54) is 22.3 Å². The molecule has 0 amide bonds. The summed E-state index contributed by atoms with van der Waals surface area (Å²) in [6, 6.07) is 15.6. The van der Waals surface area contributed by atoms with Gasteiger partial charge >= 0.3 is 0 Å². The third-order valence-corrected chi connectivity index (χ3v) is 4.01. The van der Waals surface area contributed by atoms with E-state index in [0.29, 0.717) is 6.04 Å². The summed E-state index contributed by atoms with van der Waals surface area (Å²) >= 11 is 3.52. The third kappa shape index (κ3) is 3.68. The predicted molar refractivity (Wildman–Crippen MR) is 85.6 cm³/mol. The number of rotatable bonds is 4. The molecular weight excluding hydrogens is 298 g/mol. The second-order valence-electron chi connectivity index (χ2n) is 5.03. The van der Waals surface area contributed by atoms with Gasteiger partial charge in [0.25, 0.3) is 0 Å². The summed E-state index contributed by atoms with van der Waals surface area (Å²) in [6.45, 7) is 4.29. The van der Waals surface area contributed by atoms with Crippen LogP contribution < -0.4 is 5.32 Å². The fraction of sp³-hybridized carbons (Fsp3) is 0.294. The average Bonchev–Trinajstić information content (AvgIpc) is 2.39. The molecule has 100 valence electrons.